The summed E-state index contributed by atoms with van der Waals surface area (Å²) < 4.78 is 10.0. The van der Waals surface area contributed by atoms with Crippen LogP contribution in [0.15, 0.2) is 29.2 Å². The van der Waals surface area contributed by atoms with E-state index >= 15 is 0 Å². The lowest BCUT2D eigenvalue weighted by Crippen LogP contribution is -2.42. The first-order chi connectivity index (χ1) is 10.4. The lowest BCUT2D eigenvalue weighted by atomic mass is 9.76. The lowest BCUT2D eigenvalue weighted by molar-refractivity contribution is -0.132. The number of aromatic hydroxyl groups is 2. The van der Waals surface area contributed by atoms with E-state index in [1.807, 2.05) is 0 Å². The van der Waals surface area contributed by atoms with Crippen LogP contribution in [0.3, 0.4) is 0 Å². The Bertz CT molecular complexity index is 832. The smallest absolute Gasteiger partial charge is 0.340 e. The number of phenolic OH excluding ortho intramolecular Hbond substituents is 2. The maximum Gasteiger partial charge on any atom is 0.340 e. The fourth-order valence-corrected chi connectivity index (χ4v) is 2.95. The van der Waals surface area contributed by atoms with E-state index in [2.05, 4.69) is 0 Å². The Balaban J connectivity index is 2.09. The van der Waals surface area contributed by atoms with Crippen LogP contribution in [-0.4, -0.2) is 38.5 Å². The zero-order valence-corrected chi connectivity index (χ0v) is 10.7. The van der Waals surface area contributed by atoms with Crippen LogP contribution < -0.4 is 4.74 Å². The molecule has 1 aromatic rings. The van der Waals surface area contributed by atoms with Crippen molar-refractivity contribution in [1.82, 2.24) is 0 Å². The van der Waals surface area contributed by atoms with Crippen LogP contribution in [0, 0.1) is 0 Å². The first kappa shape index (κ1) is 12.6. The topological polar surface area (TPSA) is 134 Å². The molecule has 1 aromatic carbocycles. The van der Waals surface area contributed by atoms with Gasteiger partial charge in [-0.1, -0.05) is 0 Å². The molecule has 0 saturated heterocycles. The summed E-state index contributed by atoms with van der Waals surface area (Å²) in [7, 11) is 0. The molecule has 0 aromatic heterocycles. The van der Waals surface area contributed by atoms with E-state index in [1.54, 1.807) is 0 Å². The summed E-state index contributed by atoms with van der Waals surface area (Å²) in [4.78, 5) is 24.1. The molecule has 0 fully saturated rings. The van der Waals surface area contributed by atoms with Crippen molar-refractivity contribution in [3.63, 3.8) is 0 Å². The van der Waals surface area contributed by atoms with Crippen LogP contribution in [0.4, 0.5) is 0 Å². The maximum absolute atomic E-state index is 12.0. The minimum absolute atomic E-state index is 0.0216. The molecule has 0 saturated carbocycles. The Morgan fingerprint density at radius 3 is 2.50 bits per heavy atom. The summed E-state index contributed by atoms with van der Waals surface area (Å²) in [5.41, 5.74) is 0.0206. The van der Waals surface area contributed by atoms with Gasteiger partial charge in [-0.3, -0.25) is 0 Å². The number of hydrogen-bond acceptors (Lipinski definition) is 8. The molecule has 8 nitrogen and oxygen atoms in total. The van der Waals surface area contributed by atoms with E-state index < -0.39 is 47.0 Å². The van der Waals surface area contributed by atoms with Gasteiger partial charge in [0, 0.05) is 5.56 Å². The Labute approximate surface area is 122 Å². The van der Waals surface area contributed by atoms with E-state index in [9.17, 15) is 30.0 Å². The van der Waals surface area contributed by atoms with Gasteiger partial charge in [0.25, 0.3) is 0 Å². The molecule has 4 rings (SSSR count). The molecule has 2 unspecified atom stereocenters. The van der Waals surface area contributed by atoms with Crippen molar-refractivity contribution >= 4 is 11.9 Å². The molecular weight excluding hydrogens is 296 g/mol. The van der Waals surface area contributed by atoms with Gasteiger partial charge in [0.05, 0.1) is 17.1 Å². The van der Waals surface area contributed by atoms with Crippen LogP contribution in [-0.2, 0) is 9.53 Å². The zero-order chi connectivity index (χ0) is 15.8. The first-order valence-corrected chi connectivity index (χ1v) is 6.25. The Kier molecular flexibility index (Phi) is 2.13. The van der Waals surface area contributed by atoms with E-state index in [-0.39, 0.29) is 22.4 Å². The standard InChI is InChI=1S/C14H8O8/c15-5-1-3-7-8-4(14(20)22-11(7)9(5)17)2-6(16)10(18)12(8)21-13(3)19/h1-2,7,11,15-18H. The van der Waals surface area contributed by atoms with E-state index in [4.69, 9.17) is 9.47 Å². The van der Waals surface area contributed by atoms with Crippen molar-refractivity contribution in [2.45, 2.75) is 12.0 Å². The van der Waals surface area contributed by atoms with Crippen molar-refractivity contribution in [2.24, 2.45) is 0 Å². The number of aliphatic hydroxyl groups is 2. The molecule has 22 heavy (non-hydrogen) atoms. The fourth-order valence-electron chi connectivity index (χ4n) is 2.95. The third-order valence-corrected chi connectivity index (χ3v) is 3.93. The number of esters is 2. The van der Waals surface area contributed by atoms with Crippen LogP contribution in [0.2, 0.25) is 0 Å². The number of hydrogen-bond donors (Lipinski definition) is 4. The minimum atomic E-state index is -1.30. The third kappa shape index (κ3) is 1.31. The number of benzene rings is 1. The SMILES string of the molecule is O=C1Oc2c(O)c(O)cc3c2C2C1=CC(O)=C(O)C2OC3=O. The van der Waals surface area contributed by atoms with Gasteiger partial charge in [-0.2, -0.15) is 0 Å². The lowest BCUT2D eigenvalue weighted by Gasteiger charge is -2.38. The van der Waals surface area contributed by atoms with Crippen molar-refractivity contribution in [3.8, 4) is 17.2 Å². The average molecular weight is 304 g/mol. The molecule has 0 radical (unpaired) electrons. The highest BCUT2D eigenvalue weighted by atomic mass is 16.6. The van der Waals surface area contributed by atoms with Gasteiger partial charge in [0.15, 0.2) is 29.1 Å². The van der Waals surface area contributed by atoms with Crippen LogP contribution >= 0.6 is 0 Å². The third-order valence-electron chi connectivity index (χ3n) is 3.93. The molecule has 0 spiro atoms. The largest absolute Gasteiger partial charge is 0.505 e. The number of rotatable bonds is 0. The second kappa shape index (κ2) is 3.73. The summed E-state index contributed by atoms with van der Waals surface area (Å²) >= 11 is 0. The van der Waals surface area contributed by atoms with Gasteiger partial charge in [-0.05, 0) is 12.1 Å². The van der Waals surface area contributed by atoms with Crippen molar-refractivity contribution in [1.29, 1.82) is 0 Å². The molecular formula is C14H8O8. The van der Waals surface area contributed by atoms with Crippen molar-refractivity contribution in [3.05, 3.63) is 40.4 Å². The number of aliphatic hydroxyl groups excluding tert-OH is 2. The van der Waals surface area contributed by atoms with Gasteiger partial charge in [0.2, 0.25) is 5.75 Å². The summed E-state index contributed by atoms with van der Waals surface area (Å²) in [6, 6.07) is 0.999. The quantitative estimate of drug-likeness (QED) is 0.316. The van der Waals surface area contributed by atoms with Crippen molar-refractivity contribution in [2.75, 3.05) is 0 Å². The molecule has 8 heteroatoms. The molecule has 112 valence electrons. The molecule has 2 aliphatic heterocycles. The number of ether oxygens (including phenoxy) is 2. The minimum Gasteiger partial charge on any atom is -0.505 e. The van der Waals surface area contributed by atoms with E-state index in [1.165, 1.54) is 0 Å². The number of carbonyl (C=O) groups is 2. The fraction of sp³-hybridized carbons (Fsp3) is 0.143. The number of allylic oxidation sites excluding steroid dienone is 1. The number of carbonyl (C=O) groups excluding carboxylic acids is 2. The number of phenols is 2. The predicted octanol–water partition coefficient (Wildman–Crippen LogP) is 0.907. The summed E-state index contributed by atoms with van der Waals surface area (Å²) in [5.74, 6) is -5.56. The van der Waals surface area contributed by atoms with E-state index in [0.29, 0.717) is 0 Å². The monoisotopic (exact) mass is 304 g/mol. The van der Waals surface area contributed by atoms with Crippen LogP contribution in [0.25, 0.3) is 0 Å². The van der Waals surface area contributed by atoms with Gasteiger partial charge >= 0.3 is 11.9 Å². The summed E-state index contributed by atoms with van der Waals surface area (Å²) in [6.07, 6.45) is -0.273. The van der Waals surface area contributed by atoms with Gasteiger partial charge in [-0.15, -0.1) is 0 Å². The zero-order valence-electron chi connectivity index (χ0n) is 10.7. The van der Waals surface area contributed by atoms with Crippen LogP contribution in [0.5, 0.6) is 17.2 Å². The van der Waals surface area contributed by atoms with Gasteiger partial charge in [0.1, 0.15) is 0 Å². The van der Waals surface area contributed by atoms with E-state index in [0.717, 1.165) is 12.1 Å². The van der Waals surface area contributed by atoms with Crippen molar-refractivity contribution < 1.29 is 39.5 Å². The highest BCUT2D eigenvalue weighted by Gasteiger charge is 2.51. The second-order valence-corrected chi connectivity index (χ2v) is 5.10. The van der Waals surface area contributed by atoms with Gasteiger partial charge in [-0.25, -0.2) is 9.59 Å². The molecule has 1 aliphatic carbocycles. The van der Waals surface area contributed by atoms with Crippen LogP contribution in [0.1, 0.15) is 21.8 Å². The molecule has 0 amide bonds. The Hall–Kier alpha value is -3.16. The molecule has 4 N–H and O–H groups in total. The first-order valence-electron chi connectivity index (χ1n) is 6.25. The molecule has 2 atom stereocenters. The predicted molar refractivity (Wildman–Crippen MR) is 67.7 cm³/mol. The highest BCUT2D eigenvalue weighted by molar-refractivity contribution is 6.02. The second-order valence-electron chi connectivity index (χ2n) is 5.10. The molecule has 0 bridgehead atoms. The average Bonchev–Trinajstić information content (AvgIpc) is 2.47. The summed E-state index contributed by atoms with van der Waals surface area (Å²) in [5, 5.41) is 39.1. The normalized spacial score (nSPS) is 25.2. The summed E-state index contributed by atoms with van der Waals surface area (Å²) in [6.45, 7) is 0. The highest BCUT2D eigenvalue weighted by Crippen LogP contribution is 2.54. The molecule has 2 heterocycles. The van der Waals surface area contributed by atoms with Gasteiger partial charge < -0.3 is 29.9 Å². The Morgan fingerprint density at radius 1 is 1.05 bits per heavy atom. The Morgan fingerprint density at radius 2 is 1.77 bits per heavy atom. The maximum atomic E-state index is 12.0. The molecule has 3 aliphatic rings.